The van der Waals surface area contributed by atoms with E-state index in [1.165, 1.54) is 33.4 Å². The molecule has 9 heteroatoms. The van der Waals surface area contributed by atoms with Crippen LogP contribution in [-0.4, -0.2) is 68.1 Å². The average Bonchev–Trinajstić information content (AvgIpc) is 3.00. The van der Waals surface area contributed by atoms with E-state index in [0.29, 0.717) is 12.2 Å². The van der Waals surface area contributed by atoms with Crippen molar-refractivity contribution in [3.05, 3.63) is 118 Å². The molecule has 2 N–H and O–H groups in total. The molecule has 1 fully saturated rings. The fourth-order valence-corrected chi connectivity index (χ4v) is 5.16. The Kier molecular flexibility index (Phi) is 11.4. The minimum atomic E-state index is -1.26. The van der Waals surface area contributed by atoms with Gasteiger partial charge in [-0.25, -0.2) is 9.59 Å². The summed E-state index contributed by atoms with van der Waals surface area (Å²) in [6.45, 7) is 12.7. The molecule has 0 radical (unpaired) electrons. The summed E-state index contributed by atoms with van der Waals surface area (Å²) >= 11 is 6.04. The third-order valence-electron chi connectivity index (χ3n) is 7.66. The van der Waals surface area contributed by atoms with Crippen LogP contribution >= 0.6 is 11.6 Å². The second-order valence-corrected chi connectivity index (χ2v) is 11.3. The normalized spacial score (nSPS) is 13.8. The first-order chi connectivity index (χ1) is 21.1. The number of carboxylic acid groups (broad SMARTS) is 2. The highest BCUT2D eigenvalue weighted by Gasteiger charge is 2.18. The highest BCUT2D eigenvalue weighted by Crippen LogP contribution is 2.25. The van der Waals surface area contributed by atoms with Gasteiger partial charge in [0, 0.05) is 80.0 Å². The van der Waals surface area contributed by atoms with Crippen LogP contribution in [0.1, 0.15) is 27.8 Å². The fourth-order valence-electron chi connectivity index (χ4n) is 5.03. The predicted molar refractivity (Wildman–Crippen MR) is 174 cm³/mol. The number of aliphatic carboxylic acids is 2. The first kappa shape index (κ1) is 32.5. The van der Waals surface area contributed by atoms with E-state index in [0.717, 1.165) is 61.2 Å². The molecule has 0 amide bonds. The van der Waals surface area contributed by atoms with Gasteiger partial charge in [-0.3, -0.25) is 19.8 Å². The van der Waals surface area contributed by atoms with Crippen LogP contribution in [0.2, 0.25) is 5.02 Å². The zero-order valence-corrected chi connectivity index (χ0v) is 26.0. The number of hydrogen-bond acceptors (Lipinski definition) is 6. The van der Waals surface area contributed by atoms with Gasteiger partial charge in [0.15, 0.2) is 0 Å². The number of aromatic nitrogens is 2. The molecule has 1 saturated heterocycles. The topological polar surface area (TPSA) is 107 Å². The van der Waals surface area contributed by atoms with Crippen molar-refractivity contribution in [2.24, 2.45) is 0 Å². The average molecular weight is 613 g/mol. The molecule has 3 heterocycles. The number of aryl methyl sites for hydroxylation is 2. The summed E-state index contributed by atoms with van der Waals surface area (Å²) in [5, 5.41) is 16.4. The van der Waals surface area contributed by atoms with Gasteiger partial charge in [0.05, 0.1) is 11.4 Å². The van der Waals surface area contributed by atoms with Crippen molar-refractivity contribution < 1.29 is 19.8 Å². The molecule has 0 spiro atoms. The highest BCUT2D eigenvalue weighted by molar-refractivity contribution is 6.30. The number of carboxylic acids is 2. The molecular weight excluding hydrogens is 576 g/mol. The molecule has 0 saturated carbocycles. The smallest absolute Gasteiger partial charge is 0.328 e. The SMILES string of the molecule is Cc1cc(-c2cc(CN3CCN(Cc4ccnc(-c5ccc(Cl)cc5)c4)CC3)ccn2)cc(C)c1C.O=C(O)/C=C\C(=O)O. The van der Waals surface area contributed by atoms with Gasteiger partial charge in [0.2, 0.25) is 0 Å². The number of hydrogen-bond donors (Lipinski definition) is 2. The highest BCUT2D eigenvalue weighted by atomic mass is 35.5. The maximum atomic E-state index is 9.55. The van der Waals surface area contributed by atoms with Crippen LogP contribution in [0, 0.1) is 20.8 Å². The van der Waals surface area contributed by atoms with E-state index >= 15 is 0 Å². The van der Waals surface area contributed by atoms with Gasteiger partial charge in [0.25, 0.3) is 0 Å². The lowest BCUT2D eigenvalue weighted by molar-refractivity contribution is -0.134. The van der Waals surface area contributed by atoms with Crippen molar-refractivity contribution in [2.45, 2.75) is 33.9 Å². The Hall–Kier alpha value is -4.37. The molecule has 0 atom stereocenters. The molecule has 1 aliphatic rings. The minimum absolute atomic E-state index is 0.558. The van der Waals surface area contributed by atoms with E-state index in [1.54, 1.807) is 0 Å². The van der Waals surface area contributed by atoms with Gasteiger partial charge >= 0.3 is 11.9 Å². The molecule has 8 nitrogen and oxygen atoms in total. The minimum Gasteiger partial charge on any atom is -0.478 e. The lowest BCUT2D eigenvalue weighted by atomic mass is 9.98. The van der Waals surface area contributed by atoms with Crippen molar-refractivity contribution in [2.75, 3.05) is 26.2 Å². The lowest BCUT2D eigenvalue weighted by Gasteiger charge is -2.34. The fraction of sp³-hybridized carbons (Fsp3) is 0.257. The van der Waals surface area contributed by atoms with E-state index in [1.807, 2.05) is 36.7 Å². The van der Waals surface area contributed by atoms with Gasteiger partial charge < -0.3 is 10.2 Å². The quantitative estimate of drug-likeness (QED) is 0.220. The van der Waals surface area contributed by atoms with Crippen molar-refractivity contribution in [3.63, 3.8) is 0 Å². The Bertz CT molecular complexity index is 1590. The monoisotopic (exact) mass is 612 g/mol. The number of carbonyl (C=O) groups is 2. The van der Waals surface area contributed by atoms with Crippen LogP contribution in [0.5, 0.6) is 0 Å². The van der Waals surface area contributed by atoms with E-state index in [2.05, 4.69) is 76.9 Å². The maximum absolute atomic E-state index is 9.55. The second-order valence-electron chi connectivity index (χ2n) is 10.9. The predicted octanol–water partition coefficient (Wildman–Crippen LogP) is 6.42. The van der Waals surface area contributed by atoms with Crippen LogP contribution in [0.3, 0.4) is 0 Å². The van der Waals surface area contributed by atoms with E-state index in [9.17, 15) is 9.59 Å². The van der Waals surface area contributed by atoms with Gasteiger partial charge in [-0.2, -0.15) is 0 Å². The van der Waals surface area contributed by atoms with Gasteiger partial charge in [-0.1, -0.05) is 23.7 Å². The molecule has 2 aromatic heterocycles. The molecule has 228 valence electrons. The van der Waals surface area contributed by atoms with Gasteiger partial charge in [-0.05, 0) is 97.1 Å². The molecule has 5 rings (SSSR count). The summed E-state index contributed by atoms with van der Waals surface area (Å²) in [6, 6.07) is 21.1. The molecule has 44 heavy (non-hydrogen) atoms. The standard InChI is InChI=1S/C31H33ClN4.C4H4O4/c1-22-16-28(17-23(2)24(22)3)31-19-26(9-11-34-31)21-36-14-12-35(13-15-36)20-25-8-10-33-30(18-25)27-4-6-29(32)7-5-27;5-3(6)1-2-4(7)8/h4-11,16-19H,12-15,20-21H2,1-3H3;1-2H,(H,5,6)(H,7,8)/b;2-1-. The van der Waals surface area contributed by atoms with Crippen LogP contribution in [0.15, 0.2) is 85.2 Å². The Morgan fingerprint density at radius 3 is 1.57 bits per heavy atom. The molecular formula is C35H37ClN4O4. The first-order valence-electron chi connectivity index (χ1n) is 14.4. The number of halogens is 1. The summed E-state index contributed by atoms with van der Waals surface area (Å²) < 4.78 is 0. The number of rotatable bonds is 8. The van der Waals surface area contributed by atoms with Crippen molar-refractivity contribution >= 4 is 23.5 Å². The van der Waals surface area contributed by atoms with Gasteiger partial charge in [0.1, 0.15) is 0 Å². The van der Waals surface area contributed by atoms with E-state index in [-0.39, 0.29) is 0 Å². The maximum Gasteiger partial charge on any atom is 0.328 e. The summed E-state index contributed by atoms with van der Waals surface area (Å²) in [5.74, 6) is -2.51. The molecule has 0 aliphatic carbocycles. The summed E-state index contributed by atoms with van der Waals surface area (Å²) in [5.41, 5.74) is 11.0. The van der Waals surface area contributed by atoms with Crippen LogP contribution in [0.25, 0.3) is 22.5 Å². The van der Waals surface area contributed by atoms with Crippen LogP contribution in [-0.2, 0) is 22.7 Å². The Labute approximate surface area is 263 Å². The molecule has 4 aromatic rings. The number of piperazine rings is 1. The lowest BCUT2D eigenvalue weighted by Crippen LogP contribution is -2.45. The Balaban J connectivity index is 0.000000488. The van der Waals surface area contributed by atoms with Crippen LogP contribution < -0.4 is 0 Å². The zero-order valence-electron chi connectivity index (χ0n) is 25.2. The van der Waals surface area contributed by atoms with E-state index in [4.69, 9.17) is 21.8 Å². The zero-order chi connectivity index (χ0) is 31.6. The first-order valence-corrected chi connectivity index (χ1v) is 14.8. The largest absolute Gasteiger partial charge is 0.478 e. The van der Waals surface area contributed by atoms with E-state index < -0.39 is 11.9 Å². The van der Waals surface area contributed by atoms with Gasteiger partial charge in [-0.15, -0.1) is 0 Å². The number of benzene rings is 2. The van der Waals surface area contributed by atoms with Crippen molar-refractivity contribution in [1.82, 2.24) is 19.8 Å². The third kappa shape index (κ3) is 9.57. The molecule has 0 unspecified atom stereocenters. The molecule has 0 bridgehead atoms. The summed E-state index contributed by atoms with van der Waals surface area (Å²) in [4.78, 5) is 33.4. The van der Waals surface area contributed by atoms with Crippen molar-refractivity contribution in [3.8, 4) is 22.5 Å². The molecule has 1 aliphatic heterocycles. The summed E-state index contributed by atoms with van der Waals surface area (Å²) in [6.07, 6.45) is 4.98. The Morgan fingerprint density at radius 1 is 0.705 bits per heavy atom. The number of nitrogens with zero attached hydrogens (tertiary/aromatic N) is 4. The van der Waals surface area contributed by atoms with Crippen molar-refractivity contribution in [1.29, 1.82) is 0 Å². The second kappa shape index (κ2) is 15.4. The van der Waals surface area contributed by atoms with Crippen LogP contribution in [0.4, 0.5) is 0 Å². The summed E-state index contributed by atoms with van der Waals surface area (Å²) in [7, 11) is 0. The Morgan fingerprint density at radius 2 is 1.14 bits per heavy atom. The number of pyridine rings is 2. The third-order valence-corrected chi connectivity index (χ3v) is 7.91. The molecule has 2 aromatic carbocycles.